The van der Waals surface area contributed by atoms with E-state index in [1.807, 2.05) is 24.5 Å². The maximum Gasteiger partial charge on any atom is 0.0487 e. The molecule has 3 nitrogen and oxygen atoms in total. The molecule has 148 valence electrons. The Bertz CT molecular complexity index is 1120. The van der Waals surface area contributed by atoms with Crippen molar-refractivity contribution < 1.29 is 0 Å². The van der Waals surface area contributed by atoms with Gasteiger partial charge >= 0.3 is 0 Å². The Labute approximate surface area is 177 Å². The highest BCUT2D eigenvalue weighted by atomic mass is 35.5. The summed E-state index contributed by atoms with van der Waals surface area (Å²) in [5.74, 6) is 0.540. The average molecular weight is 404 g/mol. The molecule has 0 saturated heterocycles. The molecule has 4 heteroatoms. The van der Waals surface area contributed by atoms with E-state index in [1.165, 1.54) is 22.0 Å². The van der Waals surface area contributed by atoms with Crippen LogP contribution in [0.5, 0.6) is 0 Å². The second-order valence-electron chi connectivity index (χ2n) is 8.05. The van der Waals surface area contributed by atoms with E-state index in [0.29, 0.717) is 5.92 Å². The standard InChI is InChI=1S/C25H26ClN3/c1-18(15-28(2)3)16-29-17-24(23-12-22(26)9-10-25(23)29)21-11-20(13-27-14-21)19-7-5-4-6-8-19/h4-14,17-18H,15-16H2,1-3H3. The minimum atomic E-state index is 0.540. The smallest absolute Gasteiger partial charge is 0.0487 e. The number of halogens is 1. The molecule has 2 aromatic heterocycles. The van der Waals surface area contributed by atoms with Crippen LogP contribution < -0.4 is 0 Å². The van der Waals surface area contributed by atoms with Crippen LogP contribution in [-0.4, -0.2) is 35.1 Å². The SMILES string of the molecule is CC(CN(C)C)Cn1cc(-c2cncc(-c3ccccc3)c2)c2cc(Cl)ccc21. The van der Waals surface area contributed by atoms with Gasteiger partial charge in [0.2, 0.25) is 0 Å². The molecule has 0 spiro atoms. The van der Waals surface area contributed by atoms with E-state index >= 15 is 0 Å². The van der Waals surface area contributed by atoms with E-state index in [9.17, 15) is 0 Å². The first-order valence-electron chi connectivity index (χ1n) is 9.95. The molecule has 0 fully saturated rings. The summed E-state index contributed by atoms with van der Waals surface area (Å²) in [5, 5.41) is 1.92. The lowest BCUT2D eigenvalue weighted by molar-refractivity contribution is 0.318. The van der Waals surface area contributed by atoms with Gasteiger partial charge in [0.25, 0.3) is 0 Å². The molecule has 0 aliphatic heterocycles. The normalized spacial score (nSPS) is 12.6. The number of fused-ring (bicyclic) bond motifs is 1. The summed E-state index contributed by atoms with van der Waals surface area (Å²) >= 11 is 6.36. The lowest BCUT2D eigenvalue weighted by Crippen LogP contribution is -2.22. The Kier molecular flexibility index (Phi) is 5.70. The van der Waals surface area contributed by atoms with Crippen LogP contribution >= 0.6 is 11.6 Å². The Hall–Kier alpha value is -2.62. The van der Waals surface area contributed by atoms with Gasteiger partial charge in [0, 0.05) is 64.3 Å². The van der Waals surface area contributed by atoms with Gasteiger partial charge in [-0.3, -0.25) is 4.98 Å². The Morgan fingerprint density at radius 3 is 2.48 bits per heavy atom. The molecular formula is C25H26ClN3. The van der Waals surface area contributed by atoms with Crippen LogP contribution in [-0.2, 0) is 6.54 Å². The van der Waals surface area contributed by atoms with E-state index in [1.54, 1.807) is 0 Å². The molecule has 2 heterocycles. The molecule has 0 aliphatic rings. The lowest BCUT2D eigenvalue weighted by atomic mass is 10.0. The first-order valence-corrected chi connectivity index (χ1v) is 10.3. The zero-order valence-electron chi connectivity index (χ0n) is 17.1. The van der Waals surface area contributed by atoms with Crippen molar-refractivity contribution in [3.63, 3.8) is 0 Å². The fraction of sp³-hybridized carbons (Fsp3) is 0.240. The van der Waals surface area contributed by atoms with E-state index in [4.69, 9.17) is 11.6 Å². The van der Waals surface area contributed by atoms with Crippen molar-refractivity contribution in [3.8, 4) is 22.3 Å². The van der Waals surface area contributed by atoms with E-state index in [2.05, 4.69) is 84.1 Å². The van der Waals surface area contributed by atoms with Gasteiger partial charge in [0.15, 0.2) is 0 Å². The molecule has 29 heavy (non-hydrogen) atoms. The summed E-state index contributed by atoms with van der Waals surface area (Å²) in [4.78, 5) is 6.76. The minimum absolute atomic E-state index is 0.540. The monoisotopic (exact) mass is 403 g/mol. The number of hydrogen-bond acceptors (Lipinski definition) is 2. The van der Waals surface area contributed by atoms with E-state index in [-0.39, 0.29) is 0 Å². The quantitative estimate of drug-likeness (QED) is 0.381. The minimum Gasteiger partial charge on any atom is -0.347 e. The molecular weight excluding hydrogens is 378 g/mol. The highest BCUT2D eigenvalue weighted by Crippen LogP contribution is 2.34. The van der Waals surface area contributed by atoms with Gasteiger partial charge in [-0.1, -0.05) is 48.9 Å². The van der Waals surface area contributed by atoms with Crippen molar-refractivity contribution in [3.05, 3.63) is 78.2 Å². The van der Waals surface area contributed by atoms with Crippen molar-refractivity contribution in [2.75, 3.05) is 20.6 Å². The zero-order valence-corrected chi connectivity index (χ0v) is 17.9. The Morgan fingerprint density at radius 1 is 0.966 bits per heavy atom. The van der Waals surface area contributed by atoms with Crippen molar-refractivity contribution in [1.29, 1.82) is 0 Å². The summed E-state index contributed by atoms with van der Waals surface area (Å²) in [5.41, 5.74) is 5.78. The average Bonchev–Trinajstić information content (AvgIpc) is 3.05. The summed E-state index contributed by atoms with van der Waals surface area (Å²) in [6.07, 6.45) is 6.11. The van der Waals surface area contributed by atoms with Crippen molar-refractivity contribution in [2.45, 2.75) is 13.5 Å². The molecule has 4 aromatic rings. The highest BCUT2D eigenvalue weighted by Gasteiger charge is 2.14. The van der Waals surface area contributed by atoms with Gasteiger partial charge in [-0.05, 0) is 49.8 Å². The van der Waals surface area contributed by atoms with Crippen LogP contribution in [0.1, 0.15) is 6.92 Å². The van der Waals surface area contributed by atoms with Gasteiger partial charge < -0.3 is 9.47 Å². The largest absolute Gasteiger partial charge is 0.347 e. The summed E-state index contributed by atoms with van der Waals surface area (Å²) in [6.45, 7) is 4.30. The highest BCUT2D eigenvalue weighted by molar-refractivity contribution is 6.31. The first kappa shape index (κ1) is 19.7. The van der Waals surface area contributed by atoms with Crippen LogP contribution in [0.15, 0.2) is 73.2 Å². The van der Waals surface area contributed by atoms with Crippen LogP contribution in [0, 0.1) is 5.92 Å². The first-order chi connectivity index (χ1) is 14.0. The number of aromatic nitrogens is 2. The number of pyridine rings is 1. The van der Waals surface area contributed by atoms with Gasteiger partial charge in [-0.15, -0.1) is 0 Å². The third-order valence-electron chi connectivity index (χ3n) is 5.18. The summed E-state index contributed by atoms with van der Waals surface area (Å²) in [7, 11) is 4.24. The van der Waals surface area contributed by atoms with Crippen molar-refractivity contribution in [1.82, 2.24) is 14.5 Å². The third kappa shape index (κ3) is 4.36. The molecule has 0 N–H and O–H groups in total. The molecule has 0 aliphatic carbocycles. The zero-order chi connectivity index (χ0) is 20.4. The third-order valence-corrected chi connectivity index (χ3v) is 5.42. The maximum atomic E-state index is 6.36. The predicted octanol–water partition coefficient (Wildman–Crippen LogP) is 6.22. The van der Waals surface area contributed by atoms with Crippen LogP contribution in [0.2, 0.25) is 5.02 Å². The van der Waals surface area contributed by atoms with Crippen molar-refractivity contribution in [2.24, 2.45) is 5.92 Å². The molecule has 1 unspecified atom stereocenters. The number of hydrogen-bond donors (Lipinski definition) is 0. The molecule has 0 amide bonds. The van der Waals surface area contributed by atoms with Crippen LogP contribution in [0.4, 0.5) is 0 Å². The molecule has 0 saturated carbocycles. The number of rotatable bonds is 6. The van der Waals surface area contributed by atoms with Gasteiger partial charge in [-0.25, -0.2) is 0 Å². The van der Waals surface area contributed by atoms with Crippen molar-refractivity contribution >= 4 is 22.5 Å². The maximum absolute atomic E-state index is 6.36. The molecule has 2 aromatic carbocycles. The molecule has 0 bridgehead atoms. The topological polar surface area (TPSA) is 21.1 Å². The fourth-order valence-corrected chi connectivity index (χ4v) is 4.22. The second kappa shape index (κ2) is 8.40. The number of nitrogens with zero attached hydrogens (tertiary/aromatic N) is 3. The summed E-state index contributed by atoms with van der Waals surface area (Å²) < 4.78 is 2.35. The molecule has 1 atom stereocenters. The summed E-state index contributed by atoms with van der Waals surface area (Å²) in [6, 6.07) is 18.7. The Morgan fingerprint density at radius 2 is 1.72 bits per heavy atom. The second-order valence-corrected chi connectivity index (χ2v) is 8.49. The van der Waals surface area contributed by atoms with Crippen LogP contribution in [0.25, 0.3) is 33.2 Å². The van der Waals surface area contributed by atoms with E-state index < -0.39 is 0 Å². The van der Waals surface area contributed by atoms with Crippen LogP contribution in [0.3, 0.4) is 0 Å². The lowest BCUT2D eigenvalue weighted by Gasteiger charge is -2.18. The molecule has 4 rings (SSSR count). The van der Waals surface area contributed by atoms with E-state index in [0.717, 1.165) is 29.2 Å². The van der Waals surface area contributed by atoms with Gasteiger partial charge in [-0.2, -0.15) is 0 Å². The predicted molar refractivity (Wildman–Crippen MR) is 123 cm³/mol. The Balaban J connectivity index is 1.79. The van der Waals surface area contributed by atoms with Gasteiger partial charge in [0.05, 0.1) is 0 Å². The van der Waals surface area contributed by atoms with Gasteiger partial charge in [0.1, 0.15) is 0 Å². The molecule has 0 radical (unpaired) electrons. The number of benzene rings is 2. The fourth-order valence-electron chi connectivity index (χ4n) is 4.04.